The first-order valence-electron chi connectivity index (χ1n) is 6.76. The largest absolute Gasteiger partial charge is 0.494 e. The quantitative estimate of drug-likeness (QED) is 0.275. The van der Waals surface area contributed by atoms with Gasteiger partial charge in [-0.3, -0.25) is 0 Å². The molecule has 0 aliphatic rings. The summed E-state index contributed by atoms with van der Waals surface area (Å²) >= 11 is 0. The number of aliphatic hydroxyl groups is 1. The van der Waals surface area contributed by atoms with Gasteiger partial charge in [0, 0.05) is 18.1 Å². The first-order valence-corrected chi connectivity index (χ1v) is 10.1. The molecule has 1 unspecified atom stereocenters. The Balaban J connectivity index is 2.88. The van der Waals surface area contributed by atoms with Gasteiger partial charge in [-0.2, -0.15) is 0 Å². The summed E-state index contributed by atoms with van der Waals surface area (Å²) in [6.45, 7) is 0.972. The second-order valence-electron chi connectivity index (χ2n) is 4.13. The molecule has 0 radical (unpaired) electrons. The molecule has 0 spiro atoms. The van der Waals surface area contributed by atoms with Gasteiger partial charge >= 0.3 is 8.69 Å². The average Bonchev–Trinajstić information content (AvgIpc) is 2.39. The Labute approximate surface area is 121 Å². The van der Waals surface area contributed by atoms with Crippen LogP contribution in [-0.4, -0.2) is 29.8 Å². The molecule has 3 nitrogen and oxygen atoms in total. The van der Waals surface area contributed by atoms with Crippen molar-refractivity contribution in [1.82, 2.24) is 0 Å². The van der Waals surface area contributed by atoms with E-state index in [0.717, 1.165) is 19.3 Å². The Kier molecular flexibility index (Phi) is 18.4. The molecule has 0 aromatic heterocycles. The van der Waals surface area contributed by atoms with E-state index in [2.05, 4.69) is 0 Å². The molecule has 1 N–H and O–H groups in total. The van der Waals surface area contributed by atoms with E-state index in [4.69, 9.17) is 9.63 Å². The first-order chi connectivity index (χ1) is 8.91. The molecular formula is C12H26O3PS2+. The molecule has 0 heterocycles. The van der Waals surface area contributed by atoms with Gasteiger partial charge < -0.3 is 5.11 Å². The molecule has 1 atom stereocenters. The second-order valence-corrected chi connectivity index (χ2v) is 7.29. The first kappa shape index (κ1) is 18.7. The van der Waals surface area contributed by atoms with Gasteiger partial charge in [0.2, 0.25) is 0 Å². The van der Waals surface area contributed by atoms with Crippen molar-refractivity contribution in [2.24, 2.45) is 0 Å². The normalized spacial score (nSPS) is 11.2. The maximum atomic E-state index is 10.0. The molecule has 0 fully saturated rings. The van der Waals surface area contributed by atoms with E-state index in [0.29, 0.717) is 13.2 Å². The molecule has 6 heteroatoms. The Morgan fingerprint density at radius 3 is 1.94 bits per heavy atom. The van der Waals surface area contributed by atoms with Gasteiger partial charge in [0.15, 0.2) is 0 Å². The van der Waals surface area contributed by atoms with E-state index in [1.807, 2.05) is 21.6 Å². The summed E-state index contributed by atoms with van der Waals surface area (Å²) in [6.07, 6.45) is 9.34. The fourth-order valence-corrected chi connectivity index (χ4v) is 4.00. The summed E-state index contributed by atoms with van der Waals surface area (Å²) in [5.74, 6) is 2.46. The summed E-state index contributed by atoms with van der Waals surface area (Å²) in [7, 11) is 3.34. The molecule has 0 aliphatic heterocycles. The standard InChI is InChI=1S/C12H26O3PS2/c13-9-5-1-3-7-11-17-18-12-8-4-2-6-10-15-16-14/h13,16H,1-12H2/q+1. The minimum absolute atomic E-state index is 0.336. The molecular weight excluding hydrogens is 287 g/mol. The zero-order valence-electron chi connectivity index (χ0n) is 11.1. The number of hydrogen-bond acceptors (Lipinski definition) is 5. The van der Waals surface area contributed by atoms with Crippen LogP contribution in [0, 0.1) is 0 Å². The Bertz CT molecular complexity index is 173. The summed E-state index contributed by atoms with van der Waals surface area (Å²) in [5, 5.41) is 8.63. The molecule has 0 rings (SSSR count). The smallest absolute Gasteiger partial charge is 0.396 e. The van der Waals surface area contributed by atoms with E-state index in [-0.39, 0.29) is 0 Å². The van der Waals surface area contributed by atoms with E-state index in [9.17, 15) is 4.57 Å². The summed E-state index contributed by atoms with van der Waals surface area (Å²) in [6, 6.07) is 0. The highest BCUT2D eigenvalue weighted by atomic mass is 33.1. The molecule has 0 saturated carbocycles. The summed E-state index contributed by atoms with van der Waals surface area (Å²) in [4.78, 5) is 0. The third-order valence-corrected chi connectivity index (χ3v) is 5.40. The Morgan fingerprint density at radius 2 is 1.39 bits per heavy atom. The van der Waals surface area contributed by atoms with Gasteiger partial charge in [0.05, 0.1) is 0 Å². The van der Waals surface area contributed by atoms with Crippen LogP contribution >= 0.6 is 30.3 Å². The van der Waals surface area contributed by atoms with Gasteiger partial charge in [-0.15, -0.1) is 4.52 Å². The van der Waals surface area contributed by atoms with E-state index < -0.39 is 8.69 Å². The highest BCUT2D eigenvalue weighted by molar-refractivity contribution is 8.76. The zero-order valence-corrected chi connectivity index (χ0v) is 13.7. The van der Waals surface area contributed by atoms with Crippen LogP contribution in [0.15, 0.2) is 0 Å². The molecule has 108 valence electrons. The Hall–Kier alpha value is 0.720. The SMILES string of the molecule is O=[PH+]OCCCCCCSSCCCCCCO. The number of aliphatic hydroxyl groups excluding tert-OH is 1. The molecule has 0 bridgehead atoms. The van der Waals surface area contributed by atoms with Crippen LogP contribution in [-0.2, 0) is 9.09 Å². The van der Waals surface area contributed by atoms with Crippen molar-refractivity contribution in [3.63, 3.8) is 0 Å². The third kappa shape index (κ3) is 16.7. The van der Waals surface area contributed by atoms with Crippen molar-refractivity contribution in [3.8, 4) is 0 Å². The van der Waals surface area contributed by atoms with Crippen molar-refractivity contribution in [3.05, 3.63) is 0 Å². The van der Waals surface area contributed by atoms with Crippen molar-refractivity contribution < 1.29 is 14.2 Å². The predicted octanol–water partition coefficient (Wildman–Crippen LogP) is 4.44. The molecule has 0 amide bonds. The lowest BCUT2D eigenvalue weighted by Crippen LogP contribution is -1.86. The predicted molar refractivity (Wildman–Crippen MR) is 83.9 cm³/mol. The molecule has 0 aliphatic carbocycles. The van der Waals surface area contributed by atoms with Gasteiger partial charge in [-0.05, 0) is 30.2 Å². The summed E-state index contributed by atoms with van der Waals surface area (Å²) < 4.78 is 14.8. The Morgan fingerprint density at radius 1 is 0.833 bits per heavy atom. The zero-order chi connectivity index (χ0) is 13.3. The van der Waals surface area contributed by atoms with E-state index in [1.54, 1.807) is 0 Å². The molecule has 0 saturated heterocycles. The van der Waals surface area contributed by atoms with E-state index in [1.165, 1.54) is 43.6 Å². The molecule has 18 heavy (non-hydrogen) atoms. The van der Waals surface area contributed by atoms with Crippen LogP contribution < -0.4 is 0 Å². The second kappa shape index (κ2) is 17.7. The van der Waals surface area contributed by atoms with Crippen molar-refractivity contribution in [1.29, 1.82) is 0 Å². The highest BCUT2D eigenvalue weighted by Gasteiger charge is 1.95. The maximum Gasteiger partial charge on any atom is 0.494 e. The lowest BCUT2D eigenvalue weighted by molar-refractivity contribution is 0.283. The minimum atomic E-state index is -0.602. The minimum Gasteiger partial charge on any atom is -0.396 e. The van der Waals surface area contributed by atoms with Crippen LogP contribution in [0.3, 0.4) is 0 Å². The van der Waals surface area contributed by atoms with Crippen molar-refractivity contribution in [2.45, 2.75) is 51.4 Å². The number of rotatable bonds is 15. The maximum absolute atomic E-state index is 10.0. The van der Waals surface area contributed by atoms with Crippen LogP contribution in [0.5, 0.6) is 0 Å². The lowest BCUT2D eigenvalue weighted by atomic mass is 10.2. The van der Waals surface area contributed by atoms with E-state index >= 15 is 0 Å². The third-order valence-electron chi connectivity index (χ3n) is 2.50. The van der Waals surface area contributed by atoms with Crippen molar-refractivity contribution >= 4 is 30.3 Å². The van der Waals surface area contributed by atoms with Crippen LogP contribution in [0.1, 0.15) is 51.4 Å². The number of unbranched alkanes of at least 4 members (excludes halogenated alkanes) is 6. The van der Waals surface area contributed by atoms with Gasteiger partial charge in [-0.1, -0.05) is 47.3 Å². The van der Waals surface area contributed by atoms with Crippen LogP contribution in [0.4, 0.5) is 0 Å². The van der Waals surface area contributed by atoms with Gasteiger partial charge in [-0.25, -0.2) is 0 Å². The summed E-state index contributed by atoms with van der Waals surface area (Å²) in [5.41, 5.74) is 0. The van der Waals surface area contributed by atoms with Gasteiger partial charge in [0.1, 0.15) is 6.61 Å². The fourth-order valence-electron chi connectivity index (χ4n) is 1.47. The van der Waals surface area contributed by atoms with Crippen molar-refractivity contribution in [2.75, 3.05) is 24.7 Å². The van der Waals surface area contributed by atoms with Crippen LogP contribution in [0.2, 0.25) is 0 Å². The highest BCUT2D eigenvalue weighted by Crippen LogP contribution is 2.24. The topological polar surface area (TPSA) is 46.5 Å². The average molecular weight is 313 g/mol. The number of hydrogen-bond donors (Lipinski definition) is 1. The van der Waals surface area contributed by atoms with Crippen LogP contribution in [0.25, 0.3) is 0 Å². The fraction of sp³-hybridized carbons (Fsp3) is 1.00. The van der Waals surface area contributed by atoms with Gasteiger partial charge in [0.25, 0.3) is 0 Å². The lowest BCUT2D eigenvalue weighted by Gasteiger charge is -2.01. The molecule has 0 aromatic carbocycles. The molecule has 0 aromatic rings. The monoisotopic (exact) mass is 313 g/mol.